The van der Waals surface area contributed by atoms with Gasteiger partial charge in [-0.2, -0.15) is 0 Å². The minimum absolute atomic E-state index is 0.893. The van der Waals surface area contributed by atoms with E-state index in [9.17, 15) is 0 Å². The molecular formula is C12H24Si2. The van der Waals surface area contributed by atoms with Crippen LogP contribution in [0.5, 0.6) is 0 Å². The molecule has 0 spiro atoms. The fourth-order valence-corrected chi connectivity index (χ4v) is 1.84. The van der Waals surface area contributed by atoms with E-state index in [0.29, 0.717) is 0 Å². The Balaban J connectivity index is 0. The minimum Gasteiger partial charge on any atom is -0.120 e. The van der Waals surface area contributed by atoms with Gasteiger partial charge in [-0.05, 0) is 0 Å². The largest absolute Gasteiger partial charge is 0.120 e. The SMILES string of the molecule is C#CC[Si](C)(C)C.C#CC[Si](C)(C)C. The predicted octanol–water partition coefficient (Wildman–Crippen LogP) is 3.92. The van der Waals surface area contributed by atoms with E-state index in [1.807, 2.05) is 0 Å². The van der Waals surface area contributed by atoms with Crippen LogP contribution >= 0.6 is 0 Å². The zero-order chi connectivity index (χ0) is 11.8. The highest BCUT2D eigenvalue weighted by Gasteiger charge is 2.09. The summed E-state index contributed by atoms with van der Waals surface area (Å²) in [6, 6.07) is 2.01. The van der Waals surface area contributed by atoms with Crippen molar-refractivity contribution in [2.45, 2.75) is 51.4 Å². The molecule has 80 valence electrons. The third kappa shape index (κ3) is 22.6. The van der Waals surface area contributed by atoms with Crippen LogP contribution in [0, 0.1) is 24.7 Å². The highest BCUT2D eigenvalue weighted by Crippen LogP contribution is 2.05. The van der Waals surface area contributed by atoms with Crippen molar-refractivity contribution in [2.75, 3.05) is 0 Å². The summed E-state index contributed by atoms with van der Waals surface area (Å²) in [5.41, 5.74) is 0. The molecule has 2 heteroatoms. The van der Waals surface area contributed by atoms with Crippen LogP contribution in [0.4, 0.5) is 0 Å². The van der Waals surface area contributed by atoms with E-state index in [1.165, 1.54) is 0 Å². The highest BCUT2D eigenvalue weighted by atomic mass is 28.3. The van der Waals surface area contributed by atoms with E-state index >= 15 is 0 Å². The molecule has 0 radical (unpaired) electrons. The van der Waals surface area contributed by atoms with Crippen molar-refractivity contribution in [2.24, 2.45) is 0 Å². The molecule has 0 rings (SSSR count). The summed E-state index contributed by atoms with van der Waals surface area (Å²) in [4.78, 5) is 0. The Kier molecular flexibility index (Phi) is 7.92. The molecule has 0 aliphatic carbocycles. The third-order valence-corrected chi connectivity index (χ3v) is 3.79. The van der Waals surface area contributed by atoms with Crippen LogP contribution in [0.2, 0.25) is 51.4 Å². The Bertz CT molecular complexity index is 189. The summed E-state index contributed by atoms with van der Waals surface area (Å²) in [5.74, 6) is 5.34. The quantitative estimate of drug-likeness (QED) is 0.493. The fourth-order valence-electron chi connectivity index (χ4n) is 0.612. The van der Waals surface area contributed by atoms with E-state index in [0.717, 1.165) is 12.1 Å². The first kappa shape index (κ1) is 16.0. The van der Waals surface area contributed by atoms with Gasteiger partial charge in [0.05, 0.1) is 16.1 Å². The maximum absolute atomic E-state index is 5.10. The average Bonchev–Trinajstić information content (AvgIpc) is 1.81. The molecule has 0 aliphatic rings. The lowest BCUT2D eigenvalue weighted by atomic mass is 10.8. The summed E-state index contributed by atoms with van der Waals surface area (Å²) in [6.45, 7) is 13.6. The second-order valence-electron chi connectivity index (χ2n) is 5.88. The van der Waals surface area contributed by atoms with Gasteiger partial charge < -0.3 is 0 Å². The molecule has 0 saturated heterocycles. The molecular weight excluding hydrogens is 200 g/mol. The van der Waals surface area contributed by atoms with Crippen molar-refractivity contribution >= 4 is 16.1 Å². The monoisotopic (exact) mass is 224 g/mol. The zero-order valence-electron chi connectivity index (χ0n) is 10.6. The Hall–Kier alpha value is -0.446. The van der Waals surface area contributed by atoms with Crippen LogP contribution in [0.3, 0.4) is 0 Å². The molecule has 0 aromatic heterocycles. The van der Waals surface area contributed by atoms with Crippen LogP contribution < -0.4 is 0 Å². The smallest absolute Gasteiger partial charge is 0.0573 e. The lowest BCUT2D eigenvalue weighted by Gasteiger charge is -2.08. The molecule has 0 heterocycles. The maximum Gasteiger partial charge on any atom is 0.0573 e. The molecule has 0 N–H and O–H groups in total. The number of hydrogen-bond donors (Lipinski definition) is 0. The van der Waals surface area contributed by atoms with Gasteiger partial charge in [-0.3, -0.25) is 0 Å². The molecule has 14 heavy (non-hydrogen) atoms. The normalized spacial score (nSPS) is 10.6. The summed E-state index contributed by atoms with van der Waals surface area (Å²) in [6.07, 6.45) is 10.2. The first-order valence-electron chi connectivity index (χ1n) is 4.99. The molecule has 0 nitrogen and oxygen atoms in total. The molecule has 0 aromatic rings. The number of terminal acetylenes is 2. The zero-order valence-corrected chi connectivity index (χ0v) is 12.6. The third-order valence-electron chi connectivity index (χ3n) is 1.26. The first-order chi connectivity index (χ1) is 6.12. The van der Waals surface area contributed by atoms with Crippen molar-refractivity contribution in [1.29, 1.82) is 0 Å². The lowest BCUT2D eigenvalue weighted by Crippen LogP contribution is -2.17. The average molecular weight is 224 g/mol. The molecule has 0 amide bonds. The van der Waals surface area contributed by atoms with Crippen molar-refractivity contribution in [3.05, 3.63) is 0 Å². The minimum atomic E-state index is -0.893. The highest BCUT2D eigenvalue weighted by molar-refractivity contribution is 6.77. The second-order valence-corrected chi connectivity index (χ2v) is 16.8. The van der Waals surface area contributed by atoms with E-state index in [1.54, 1.807) is 0 Å². The first-order valence-corrected chi connectivity index (χ1v) is 12.4. The van der Waals surface area contributed by atoms with Crippen molar-refractivity contribution < 1.29 is 0 Å². The van der Waals surface area contributed by atoms with Crippen molar-refractivity contribution in [3.63, 3.8) is 0 Å². The topological polar surface area (TPSA) is 0 Å². The van der Waals surface area contributed by atoms with Gasteiger partial charge in [0.15, 0.2) is 0 Å². The predicted molar refractivity (Wildman–Crippen MR) is 74.0 cm³/mol. The van der Waals surface area contributed by atoms with E-state index < -0.39 is 16.1 Å². The Labute approximate surface area is 92.5 Å². The molecule has 0 aromatic carbocycles. The van der Waals surface area contributed by atoms with E-state index in [4.69, 9.17) is 12.8 Å². The van der Waals surface area contributed by atoms with Gasteiger partial charge in [-0.1, -0.05) is 39.3 Å². The number of rotatable bonds is 2. The molecule has 0 atom stereocenters. The Morgan fingerprint density at radius 1 is 0.714 bits per heavy atom. The molecule has 0 fully saturated rings. The molecule has 0 aliphatic heterocycles. The van der Waals surface area contributed by atoms with E-state index in [2.05, 4.69) is 51.1 Å². The van der Waals surface area contributed by atoms with Crippen molar-refractivity contribution in [1.82, 2.24) is 0 Å². The fraction of sp³-hybridized carbons (Fsp3) is 0.667. The van der Waals surface area contributed by atoms with E-state index in [-0.39, 0.29) is 0 Å². The molecule has 0 saturated carbocycles. The van der Waals surface area contributed by atoms with Gasteiger partial charge in [0.2, 0.25) is 0 Å². The van der Waals surface area contributed by atoms with Crippen LogP contribution in [0.1, 0.15) is 0 Å². The Morgan fingerprint density at radius 3 is 0.929 bits per heavy atom. The molecule has 0 unspecified atom stereocenters. The maximum atomic E-state index is 5.10. The lowest BCUT2D eigenvalue weighted by molar-refractivity contribution is 1.57. The summed E-state index contributed by atoms with van der Waals surface area (Å²) < 4.78 is 0. The van der Waals surface area contributed by atoms with Gasteiger partial charge in [-0.15, -0.1) is 24.7 Å². The summed E-state index contributed by atoms with van der Waals surface area (Å²) in [7, 11) is -1.79. The van der Waals surface area contributed by atoms with Gasteiger partial charge >= 0.3 is 0 Å². The standard InChI is InChI=1S/2C6H12Si/c2*1-5-6-7(2,3)4/h2*1H,6H2,2-4H3. The van der Waals surface area contributed by atoms with Crippen molar-refractivity contribution in [3.8, 4) is 24.7 Å². The van der Waals surface area contributed by atoms with Gasteiger partial charge in [0, 0.05) is 12.1 Å². The van der Waals surface area contributed by atoms with Crippen LogP contribution in [-0.4, -0.2) is 16.1 Å². The van der Waals surface area contributed by atoms with Gasteiger partial charge in [-0.25, -0.2) is 0 Å². The summed E-state index contributed by atoms with van der Waals surface area (Å²) >= 11 is 0. The van der Waals surface area contributed by atoms with Gasteiger partial charge in [0.1, 0.15) is 0 Å². The molecule has 0 bridgehead atoms. The Morgan fingerprint density at radius 2 is 0.929 bits per heavy atom. The van der Waals surface area contributed by atoms with Gasteiger partial charge in [0.25, 0.3) is 0 Å². The van der Waals surface area contributed by atoms with Crippen LogP contribution in [0.15, 0.2) is 0 Å². The number of hydrogen-bond acceptors (Lipinski definition) is 0. The second kappa shape index (κ2) is 6.93. The van der Waals surface area contributed by atoms with Crippen LogP contribution in [-0.2, 0) is 0 Å². The summed E-state index contributed by atoms with van der Waals surface area (Å²) in [5, 5.41) is 0. The van der Waals surface area contributed by atoms with Crippen LogP contribution in [0.25, 0.3) is 0 Å².